The maximum atomic E-state index is 11.0. The Balaban J connectivity index is 2.15. The van der Waals surface area contributed by atoms with Crippen molar-refractivity contribution in [1.29, 1.82) is 0 Å². The molecule has 1 aliphatic carbocycles. The van der Waals surface area contributed by atoms with Gasteiger partial charge >= 0.3 is 5.97 Å². The molecule has 1 aliphatic heterocycles. The molecule has 2 N–H and O–H groups in total. The van der Waals surface area contributed by atoms with Crippen molar-refractivity contribution in [2.45, 2.75) is 19.3 Å². The number of aliphatic hydroxyl groups is 1. The molecule has 13 heavy (non-hydrogen) atoms. The summed E-state index contributed by atoms with van der Waals surface area (Å²) in [6.45, 7) is -0.188. The quantitative estimate of drug-likeness (QED) is 0.700. The number of aliphatic hydroxyl groups excluding tert-OH is 1. The summed E-state index contributed by atoms with van der Waals surface area (Å²) in [6.07, 6.45) is 2.61. The van der Waals surface area contributed by atoms with E-state index in [1.54, 1.807) is 0 Å². The van der Waals surface area contributed by atoms with Gasteiger partial charge in [0.25, 0.3) is 0 Å². The van der Waals surface area contributed by atoms with Gasteiger partial charge in [-0.05, 0) is 36.2 Å². The van der Waals surface area contributed by atoms with Gasteiger partial charge in [-0.25, -0.2) is 0 Å². The van der Waals surface area contributed by atoms with Crippen LogP contribution in [0.15, 0.2) is 0 Å². The molecule has 0 aromatic carbocycles. The first-order valence-corrected chi connectivity index (χ1v) is 5.74. The average Bonchev–Trinajstić information content (AvgIpc) is 2.76. The highest BCUT2D eigenvalue weighted by Gasteiger charge is 2.71. The van der Waals surface area contributed by atoms with Crippen LogP contribution in [-0.4, -0.2) is 34.3 Å². The van der Waals surface area contributed by atoms with Crippen LogP contribution in [0.3, 0.4) is 0 Å². The molecule has 2 rings (SSSR count). The molecular weight excluding hydrogens is 188 g/mol. The number of aliphatic carboxylic acids is 1. The predicted octanol–water partition coefficient (Wildman–Crippen LogP) is 0.967. The fraction of sp³-hybridized carbons (Fsp3) is 0.889. The Hall–Kier alpha value is -0.220. The molecule has 0 aromatic heterocycles. The summed E-state index contributed by atoms with van der Waals surface area (Å²) >= 11 is 1.89. The minimum Gasteiger partial charge on any atom is -0.481 e. The zero-order chi connectivity index (χ0) is 9.53. The maximum Gasteiger partial charge on any atom is 0.312 e. The fourth-order valence-corrected chi connectivity index (χ4v) is 3.82. The molecule has 1 saturated heterocycles. The van der Waals surface area contributed by atoms with Gasteiger partial charge in [-0.3, -0.25) is 4.79 Å². The van der Waals surface area contributed by atoms with Crippen molar-refractivity contribution in [3.63, 3.8) is 0 Å². The molecule has 4 heteroatoms. The summed E-state index contributed by atoms with van der Waals surface area (Å²) in [5, 5.41) is 18.2. The van der Waals surface area contributed by atoms with Gasteiger partial charge < -0.3 is 10.2 Å². The highest BCUT2D eigenvalue weighted by Crippen LogP contribution is 2.69. The molecule has 0 bridgehead atoms. The number of carbonyl (C=O) groups is 1. The van der Waals surface area contributed by atoms with Crippen LogP contribution in [-0.2, 0) is 4.79 Å². The second-order valence-electron chi connectivity index (χ2n) is 4.11. The van der Waals surface area contributed by atoms with Gasteiger partial charge in [-0.2, -0.15) is 11.8 Å². The SMILES string of the molecule is O=C(O)C1(CO)CC12CCSCC2. The molecule has 0 amide bonds. The lowest BCUT2D eigenvalue weighted by atomic mass is 9.88. The molecule has 1 unspecified atom stereocenters. The lowest BCUT2D eigenvalue weighted by molar-refractivity contribution is -0.147. The van der Waals surface area contributed by atoms with Crippen LogP contribution < -0.4 is 0 Å². The van der Waals surface area contributed by atoms with E-state index in [1.165, 1.54) is 0 Å². The lowest BCUT2D eigenvalue weighted by Gasteiger charge is -2.25. The molecule has 1 saturated carbocycles. The minimum absolute atomic E-state index is 0.0567. The summed E-state index contributed by atoms with van der Waals surface area (Å²) < 4.78 is 0. The third-order valence-corrected chi connectivity index (χ3v) is 4.65. The van der Waals surface area contributed by atoms with Crippen LogP contribution in [0.4, 0.5) is 0 Å². The molecule has 0 radical (unpaired) electrons. The zero-order valence-corrected chi connectivity index (χ0v) is 8.27. The number of hydrogen-bond donors (Lipinski definition) is 2. The van der Waals surface area contributed by atoms with Gasteiger partial charge in [0.05, 0.1) is 12.0 Å². The van der Waals surface area contributed by atoms with Crippen LogP contribution in [0.2, 0.25) is 0 Å². The van der Waals surface area contributed by atoms with Gasteiger partial charge in [0, 0.05) is 0 Å². The van der Waals surface area contributed by atoms with Crippen molar-refractivity contribution in [3.8, 4) is 0 Å². The first-order chi connectivity index (χ1) is 6.17. The lowest BCUT2D eigenvalue weighted by Crippen LogP contribution is -2.29. The number of carboxylic acids is 1. The Bertz CT molecular complexity index is 235. The van der Waals surface area contributed by atoms with Crippen LogP contribution >= 0.6 is 11.8 Å². The van der Waals surface area contributed by atoms with Crippen molar-refractivity contribution < 1.29 is 15.0 Å². The van der Waals surface area contributed by atoms with E-state index >= 15 is 0 Å². The fourth-order valence-electron chi connectivity index (χ4n) is 2.54. The smallest absolute Gasteiger partial charge is 0.312 e. The van der Waals surface area contributed by atoms with Gasteiger partial charge in [-0.15, -0.1) is 0 Å². The standard InChI is InChI=1S/C9H14O3S/c10-6-9(7(11)12)5-8(9)1-3-13-4-2-8/h10H,1-6H2,(H,11,12). The first-order valence-electron chi connectivity index (χ1n) is 4.59. The molecule has 74 valence electrons. The normalized spacial score (nSPS) is 36.1. The molecule has 1 spiro atoms. The van der Waals surface area contributed by atoms with E-state index in [2.05, 4.69) is 0 Å². The second kappa shape index (κ2) is 2.89. The minimum atomic E-state index is -0.804. The summed E-state index contributed by atoms with van der Waals surface area (Å²) in [7, 11) is 0. The number of rotatable bonds is 2. The highest BCUT2D eigenvalue weighted by molar-refractivity contribution is 7.99. The summed E-state index contributed by atoms with van der Waals surface area (Å²) in [6, 6.07) is 0. The van der Waals surface area contributed by atoms with E-state index in [9.17, 15) is 4.79 Å². The van der Waals surface area contributed by atoms with Gasteiger partial charge in [-0.1, -0.05) is 0 Å². The Kier molecular flexibility index (Phi) is 2.07. The average molecular weight is 202 g/mol. The number of thioether (sulfide) groups is 1. The zero-order valence-electron chi connectivity index (χ0n) is 7.45. The number of carboxylic acid groups (broad SMARTS) is 1. The molecular formula is C9H14O3S. The van der Waals surface area contributed by atoms with Crippen molar-refractivity contribution in [2.75, 3.05) is 18.1 Å². The second-order valence-corrected chi connectivity index (χ2v) is 5.34. The van der Waals surface area contributed by atoms with Crippen LogP contribution in [0.5, 0.6) is 0 Å². The maximum absolute atomic E-state index is 11.0. The summed E-state index contributed by atoms with van der Waals surface area (Å²) in [5.41, 5.74) is -0.840. The van der Waals surface area contributed by atoms with E-state index in [4.69, 9.17) is 10.2 Å². The molecule has 3 nitrogen and oxygen atoms in total. The van der Waals surface area contributed by atoms with E-state index in [0.717, 1.165) is 24.3 Å². The third kappa shape index (κ3) is 1.12. The summed E-state index contributed by atoms with van der Waals surface area (Å²) in [5.74, 6) is 1.30. The van der Waals surface area contributed by atoms with Gasteiger partial charge in [0.2, 0.25) is 0 Å². The van der Waals surface area contributed by atoms with Crippen molar-refractivity contribution >= 4 is 17.7 Å². The number of hydrogen-bond acceptors (Lipinski definition) is 3. The van der Waals surface area contributed by atoms with Gasteiger partial charge in [0.1, 0.15) is 0 Å². The van der Waals surface area contributed by atoms with Crippen LogP contribution in [0, 0.1) is 10.8 Å². The molecule has 2 fully saturated rings. The highest BCUT2D eigenvalue weighted by atomic mass is 32.2. The molecule has 2 aliphatic rings. The Labute approximate surface area is 81.5 Å². The van der Waals surface area contributed by atoms with E-state index in [1.807, 2.05) is 11.8 Å². The van der Waals surface area contributed by atoms with Gasteiger partial charge in [0.15, 0.2) is 0 Å². The Morgan fingerprint density at radius 1 is 1.38 bits per heavy atom. The van der Waals surface area contributed by atoms with E-state index < -0.39 is 11.4 Å². The largest absolute Gasteiger partial charge is 0.481 e. The van der Waals surface area contributed by atoms with Crippen molar-refractivity contribution in [3.05, 3.63) is 0 Å². The molecule has 0 aromatic rings. The van der Waals surface area contributed by atoms with Crippen molar-refractivity contribution in [1.82, 2.24) is 0 Å². The Morgan fingerprint density at radius 3 is 2.38 bits per heavy atom. The topological polar surface area (TPSA) is 57.5 Å². The molecule has 1 heterocycles. The van der Waals surface area contributed by atoms with Crippen LogP contribution in [0.1, 0.15) is 19.3 Å². The molecule has 1 atom stereocenters. The predicted molar refractivity (Wildman–Crippen MR) is 50.8 cm³/mol. The van der Waals surface area contributed by atoms with Crippen LogP contribution in [0.25, 0.3) is 0 Å². The third-order valence-electron chi connectivity index (χ3n) is 3.66. The summed E-state index contributed by atoms with van der Waals surface area (Å²) in [4.78, 5) is 11.0. The monoisotopic (exact) mass is 202 g/mol. The Morgan fingerprint density at radius 2 is 2.00 bits per heavy atom. The first kappa shape index (κ1) is 9.34. The van der Waals surface area contributed by atoms with E-state index in [0.29, 0.717) is 6.42 Å². The van der Waals surface area contributed by atoms with Crippen molar-refractivity contribution in [2.24, 2.45) is 10.8 Å². The van der Waals surface area contributed by atoms with E-state index in [-0.39, 0.29) is 12.0 Å².